The molecule has 0 spiro atoms. The zero-order valence-electron chi connectivity index (χ0n) is 9.53. The molecule has 0 saturated carbocycles. The zero-order valence-corrected chi connectivity index (χ0v) is 11.9. The van der Waals surface area contributed by atoms with Gasteiger partial charge in [0.2, 0.25) is 0 Å². The predicted octanol–water partition coefficient (Wildman–Crippen LogP) is 3.64. The minimum Gasteiger partial charge on any atom is -0.496 e. The number of H-pyrrole nitrogens is 1. The maximum Gasteiger partial charge on any atom is 0.148 e. The van der Waals surface area contributed by atoms with Crippen LogP contribution in [0.5, 0.6) is 5.75 Å². The monoisotopic (exact) mass is 323 g/mol. The van der Waals surface area contributed by atoms with E-state index in [1.807, 2.05) is 23.6 Å². The molecule has 0 atom stereocenters. The highest BCUT2D eigenvalue weighted by atomic mass is 79.9. The van der Waals surface area contributed by atoms with E-state index in [2.05, 4.69) is 25.9 Å². The molecule has 0 radical (unpaired) electrons. The van der Waals surface area contributed by atoms with Crippen molar-refractivity contribution in [2.24, 2.45) is 0 Å². The summed E-state index contributed by atoms with van der Waals surface area (Å²) in [6.45, 7) is 0. The van der Waals surface area contributed by atoms with E-state index >= 15 is 0 Å². The van der Waals surface area contributed by atoms with Gasteiger partial charge in [0, 0.05) is 15.9 Å². The average molecular weight is 324 g/mol. The van der Waals surface area contributed by atoms with Gasteiger partial charge in [-0.25, -0.2) is 4.98 Å². The first-order chi connectivity index (χ1) is 8.67. The van der Waals surface area contributed by atoms with E-state index in [1.165, 1.54) is 0 Å². The molecule has 18 heavy (non-hydrogen) atoms. The van der Waals surface area contributed by atoms with Gasteiger partial charge >= 0.3 is 0 Å². The summed E-state index contributed by atoms with van der Waals surface area (Å²) in [5.74, 6) is 1.65. The van der Waals surface area contributed by atoms with Crippen molar-refractivity contribution in [3.63, 3.8) is 0 Å². The number of benzene rings is 1. The maximum atomic E-state index is 5.95. The summed E-state index contributed by atoms with van der Waals surface area (Å²) < 4.78 is 6.11. The van der Waals surface area contributed by atoms with Gasteiger partial charge in [-0.3, -0.25) is 0 Å². The second-order valence-corrected chi connectivity index (χ2v) is 5.65. The number of rotatable bonds is 2. The van der Waals surface area contributed by atoms with Crippen molar-refractivity contribution in [1.29, 1.82) is 0 Å². The number of anilines is 1. The number of nitrogens with one attached hydrogen (secondary N) is 1. The largest absolute Gasteiger partial charge is 0.496 e. The van der Waals surface area contributed by atoms with Crippen LogP contribution in [-0.2, 0) is 0 Å². The number of imidazole rings is 1. The molecule has 0 saturated heterocycles. The van der Waals surface area contributed by atoms with Gasteiger partial charge in [-0.1, -0.05) is 15.9 Å². The Morgan fingerprint density at radius 2 is 2.22 bits per heavy atom. The van der Waals surface area contributed by atoms with Crippen molar-refractivity contribution in [3.05, 3.63) is 28.1 Å². The lowest BCUT2D eigenvalue weighted by atomic mass is 10.3. The van der Waals surface area contributed by atoms with E-state index in [0.29, 0.717) is 5.69 Å². The Bertz CT molecular complexity index is 719. The van der Waals surface area contributed by atoms with Gasteiger partial charge in [0.05, 0.1) is 23.2 Å². The van der Waals surface area contributed by atoms with E-state index in [1.54, 1.807) is 18.4 Å². The normalized spacial score (nSPS) is 11.0. The first-order valence-electron chi connectivity index (χ1n) is 5.25. The molecule has 0 bridgehead atoms. The minimum atomic E-state index is 0.658. The van der Waals surface area contributed by atoms with Gasteiger partial charge < -0.3 is 15.5 Å². The van der Waals surface area contributed by atoms with Crippen LogP contribution in [0.1, 0.15) is 0 Å². The SMILES string of the molecule is COc1csc(-c2nc3c(N)cc(Br)cc3[nH]2)c1. The summed E-state index contributed by atoms with van der Waals surface area (Å²) in [6.07, 6.45) is 0. The molecule has 0 fully saturated rings. The Morgan fingerprint density at radius 3 is 2.94 bits per heavy atom. The second-order valence-electron chi connectivity index (χ2n) is 3.83. The number of nitrogen functional groups attached to an aromatic ring is 1. The lowest BCUT2D eigenvalue weighted by Crippen LogP contribution is -1.86. The van der Waals surface area contributed by atoms with E-state index in [9.17, 15) is 0 Å². The van der Waals surface area contributed by atoms with Crippen LogP contribution in [0.15, 0.2) is 28.1 Å². The van der Waals surface area contributed by atoms with Crippen molar-refractivity contribution in [2.45, 2.75) is 0 Å². The van der Waals surface area contributed by atoms with Gasteiger partial charge in [0.15, 0.2) is 0 Å². The van der Waals surface area contributed by atoms with E-state index in [4.69, 9.17) is 10.5 Å². The lowest BCUT2D eigenvalue weighted by molar-refractivity contribution is 0.417. The van der Waals surface area contributed by atoms with Crippen LogP contribution in [0.25, 0.3) is 21.7 Å². The Morgan fingerprint density at radius 1 is 1.39 bits per heavy atom. The quantitative estimate of drug-likeness (QED) is 0.707. The standard InChI is InChI=1S/C12H10BrN3OS/c1-17-7-4-10(18-5-7)12-15-9-3-6(13)2-8(14)11(9)16-12/h2-5H,14H2,1H3,(H,15,16). The number of thiophene rings is 1. The topological polar surface area (TPSA) is 63.9 Å². The molecule has 2 heterocycles. The average Bonchev–Trinajstić information content (AvgIpc) is 2.93. The molecule has 4 nitrogen and oxygen atoms in total. The van der Waals surface area contributed by atoms with Crippen molar-refractivity contribution in [2.75, 3.05) is 12.8 Å². The summed E-state index contributed by atoms with van der Waals surface area (Å²) in [5, 5.41) is 1.95. The zero-order chi connectivity index (χ0) is 12.7. The molecular weight excluding hydrogens is 314 g/mol. The third-order valence-electron chi connectivity index (χ3n) is 2.63. The molecule has 0 aliphatic rings. The number of halogens is 1. The molecule has 92 valence electrons. The summed E-state index contributed by atoms with van der Waals surface area (Å²) in [7, 11) is 1.65. The van der Waals surface area contributed by atoms with Gasteiger partial charge in [0.25, 0.3) is 0 Å². The molecule has 0 aliphatic heterocycles. The fourth-order valence-corrected chi connectivity index (χ4v) is 3.05. The molecule has 6 heteroatoms. The Labute approximate surface area is 116 Å². The number of nitrogens with zero attached hydrogens (tertiary/aromatic N) is 1. The number of ether oxygens (including phenoxy) is 1. The van der Waals surface area contributed by atoms with E-state index in [-0.39, 0.29) is 0 Å². The number of aromatic nitrogens is 2. The van der Waals surface area contributed by atoms with Gasteiger partial charge in [-0.15, -0.1) is 11.3 Å². The fourth-order valence-electron chi connectivity index (χ4n) is 1.77. The van der Waals surface area contributed by atoms with Crippen LogP contribution in [0.2, 0.25) is 0 Å². The summed E-state index contributed by atoms with van der Waals surface area (Å²) >= 11 is 5.00. The van der Waals surface area contributed by atoms with Crippen molar-refractivity contribution in [1.82, 2.24) is 9.97 Å². The number of methoxy groups -OCH3 is 1. The third kappa shape index (κ3) is 1.87. The van der Waals surface area contributed by atoms with Crippen molar-refractivity contribution < 1.29 is 4.74 Å². The number of hydrogen-bond donors (Lipinski definition) is 2. The van der Waals surface area contributed by atoms with Gasteiger partial charge in [-0.05, 0) is 12.1 Å². The molecule has 0 amide bonds. The van der Waals surface area contributed by atoms with E-state index < -0.39 is 0 Å². The Balaban J connectivity index is 2.16. The number of aromatic amines is 1. The predicted molar refractivity (Wildman–Crippen MR) is 78.1 cm³/mol. The first kappa shape index (κ1) is 11.6. The van der Waals surface area contributed by atoms with Gasteiger partial charge in [0.1, 0.15) is 17.1 Å². The number of hydrogen-bond acceptors (Lipinski definition) is 4. The second kappa shape index (κ2) is 4.29. The van der Waals surface area contributed by atoms with Crippen molar-refractivity contribution in [3.8, 4) is 16.5 Å². The Kier molecular flexibility index (Phi) is 2.76. The number of nitrogens with two attached hydrogens (primary N) is 1. The van der Waals surface area contributed by atoms with Crippen LogP contribution in [0.4, 0.5) is 5.69 Å². The molecule has 1 aromatic carbocycles. The number of fused-ring (bicyclic) bond motifs is 1. The third-order valence-corrected chi connectivity index (χ3v) is 4.00. The summed E-state index contributed by atoms with van der Waals surface area (Å²) in [5.41, 5.74) is 8.32. The van der Waals surface area contributed by atoms with Crippen molar-refractivity contribution >= 4 is 44.0 Å². The molecule has 0 unspecified atom stereocenters. The molecule has 3 rings (SSSR count). The van der Waals surface area contributed by atoms with Gasteiger partial charge in [-0.2, -0.15) is 0 Å². The fraction of sp³-hybridized carbons (Fsp3) is 0.0833. The molecule has 3 N–H and O–H groups in total. The summed E-state index contributed by atoms with van der Waals surface area (Å²) in [6, 6.07) is 5.77. The van der Waals surface area contributed by atoms with Crippen LogP contribution in [0, 0.1) is 0 Å². The summed E-state index contributed by atoms with van der Waals surface area (Å²) in [4.78, 5) is 8.82. The highest BCUT2D eigenvalue weighted by molar-refractivity contribution is 9.10. The highest BCUT2D eigenvalue weighted by Crippen LogP contribution is 2.32. The van der Waals surface area contributed by atoms with Crippen LogP contribution in [0.3, 0.4) is 0 Å². The Hall–Kier alpha value is -1.53. The molecular formula is C12H10BrN3OS. The molecule has 2 aromatic heterocycles. The smallest absolute Gasteiger partial charge is 0.148 e. The van der Waals surface area contributed by atoms with Crippen LogP contribution < -0.4 is 10.5 Å². The van der Waals surface area contributed by atoms with E-state index in [0.717, 1.165) is 32.0 Å². The molecule has 0 aliphatic carbocycles. The highest BCUT2D eigenvalue weighted by Gasteiger charge is 2.10. The maximum absolute atomic E-state index is 5.95. The minimum absolute atomic E-state index is 0.658. The van der Waals surface area contributed by atoms with Crippen LogP contribution >= 0.6 is 27.3 Å². The lowest BCUT2D eigenvalue weighted by Gasteiger charge is -1.94. The first-order valence-corrected chi connectivity index (χ1v) is 6.92. The molecule has 3 aromatic rings. The van der Waals surface area contributed by atoms with Crippen LogP contribution in [-0.4, -0.2) is 17.1 Å².